The van der Waals surface area contributed by atoms with Crippen LogP contribution in [-0.2, 0) is 0 Å². The van der Waals surface area contributed by atoms with E-state index in [1.165, 1.54) is 24.6 Å². The van der Waals surface area contributed by atoms with Gasteiger partial charge in [0.15, 0.2) is 0 Å². The van der Waals surface area contributed by atoms with Crippen LogP contribution in [0, 0.1) is 11.7 Å². The predicted molar refractivity (Wildman–Crippen MR) is 74.3 cm³/mol. The van der Waals surface area contributed by atoms with Crippen molar-refractivity contribution < 1.29 is 9.18 Å². The summed E-state index contributed by atoms with van der Waals surface area (Å²) in [5, 5.41) is 0. The van der Waals surface area contributed by atoms with Crippen LogP contribution in [0.2, 0.25) is 0 Å². The molecule has 1 amide bonds. The molecule has 0 radical (unpaired) electrons. The molecule has 1 saturated carbocycles. The first-order chi connectivity index (χ1) is 9.00. The molecular weight excluding hydrogens is 243 g/mol. The fourth-order valence-electron chi connectivity index (χ4n) is 2.93. The van der Waals surface area contributed by atoms with E-state index in [2.05, 4.69) is 6.92 Å². The van der Waals surface area contributed by atoms with E-state index in [1.807, 2.05) is 0 Å². The van der Waals surface area contributed by atoms with E-state index in [9.17, 15) is 9.18 Å². The van der Waals surface area contributed by atoms with Crippen LogP contribution in [0.3, 0.4) is 0 Å². The normalized spacial score (nSPS) is 23.1. The van der Waals surface area contributed by atoms with Gasteiger partial charge in [-0.2, -0.15) is 0 Å². The summed E-state index contributed by atoms with van der Waals surface area (Å²) in [7, 11) is 1.79. The Morgan fingerprint density at radius 2 is 2.05 bits per heavy atom. The second-order valence-electron chi connectivity index (χ2n) is 5.48. The number of nitrogens with zero attached hydrogens (tertiary/aromatic N) is 1. The molecular formula is C15H21FN2O. The molecule has 2 atom stereocenters. The van der Waals surface area contributed by atoms with Crippen molar-refractivity contribution in [3.05, 3.63) is 29.6 Å². The van der Waals surface area contributed by atoms with E-state index in [4.69, 9.17) is 5.73 Å². The lowest BCUT2D eigenvalue weighted by molar-refractivity contribution is 0.0629. The first-order valence-corrected chi connectivity index (χ1v) is 6.83. The van der Waals surface area contributed by atoms with Gasteiger partial charge in [-0.15, -0.1) is 0 Å². The number of amides is 1. The highest BCUT2D eigenvalue weighted by atomic mass is 19.1. The first-order valence-electron chi connectivity index (χ1n) is 6.83. The number of halogens is 1. The van der Waals surface area contributed by atoms with E-state index in [1.54, 1.807) is 11.9 Å². The van der Waals surface area contributed by atoms with Gasteiger partial charge in [0.2, 0.25) is 0 Å². The van der Waals surface area contributed by atoms with Crippen LogP contribution in [0.25, 0.3) is 0 Å². The number of hydrogen-bond donors (Lipinski definition) is 1. The number of carbonyl (C=O) groups excluding carboxylic acids is 1. The van der Waals surface area contributed by atoms with E-state index < -0.39 is 5.82 Å². The Hall–Kier alpha value is -1.58. The number of nitrogens with two attached hydrogens (primary N) is 1. The molecule has 1 aromatic carbocycles. The van der Waals surface area contributed by atoms with Gasteiger partial charge in [0, 0.05) is 18.8 Å². The topological polar surface area (TPSA) is 46.3 Å². The molecule has 1 fully saturated rings. The molecule has 2 rings (SSSR count). The summed E-state index contributed by atoms with van der Waals surface area (Å²) >= 11 is 0. The fraction of sp³-hybridized carbons (Fsp3) is 0.533. The Balaban J connectivity index is 2.20. The third kappa shape index (κ3) is 2.88. The van der Waals surface area contributed by atoms with Gasteiger partial charge in [-0.1, -0.05) is 19.8 Å². The van der Waals surface area contributed by atoms with E-state index in [-0.39, 0.29) is 17.5 Å². The number of carbonyl (C=O) groups is 1. The number of anilines is 1. The Kier molecular flexibility index (Phi) is 4.08. The molecule has 19 heavy (non-hydrogen) atoms. The molecule has 3 nitrogen and oxygen atoms in total. The highest BCUT2D eigenvalue weighted by Crippen LogP contribution is 2.29. The Morgan fingerprint density at radius 1 is 1.37 bits per heavy atom. The molecule has 0 spiro atoms. The summed E-state index contributed by atoms with van der Waals surface area (Å²) in [5.41, 5.74) is 6.38. The Labute approximate surface area is 113 Å². The van der Waals surface area contributed by atoms with E-state index >= 15 is 0 Å². The number of benzene rings is 1. The molecule has 1 aliphatic rings. The van der Waals surface area contributed by atoms with Gasteiger partial charge >= 0.3 is 0 Å². The van der Waals surface area contributed by atoms with Crippen molar-refractivity contribution in [2.24, 2.45) is 5.92 Å². The average molecular weight is 264 g/mol. The molecule has 0 aliphatic heterocycles. The maximum Gasteiger partial charge on any atom is 0.256 e. The van der Waals surface area contributed by atoms with E-state index in [0.29, 0.717) is 11.6 Å². The first kappa shape index (κ1) is 13.8. The molecule has 1 aromatic rings. The summed E-state index contributed by atoms with van der Waals surface area (Å²) in [6.45, 7) is 2.17. The third-order valence-electron chi connectivity index (χ3n) is 4.13. The molecule has 0 aromatic heterocycles. The summed E-state index contributed by atoms with van der Waals surface area (Å²) in [6, 6.07) is 4.17. The lowest BCUT2D eigenvalue weighted by Gasteiger charge is -2.36. The second-order valence-corrected chi connectivity index (χ2v) is 5.48. The highest BCUT2D eigenvalue weighted by Gasteiger charge is 2.29. The quantitative estimate of drug-likeness (QED) is 0.834. The zero-order valence-corrected chi connectivity index (χ0v) is 11.5. The summed E-state index contributed by atoms with van der Waals surface area (Å²) < 4.78 is 13.3. The summed E-state index contributed by atoms with van der Waals surface area (Å²) in [6.07, 6.45) is 4.52. The standard InChI is InChI=1S/C15H21FN2O/c1-10-5-3-4-6-14(10)18(2)15(19)12-9-11(16)7-8-13(12)17/h7-10,14H,3-6,17H2,1-2H3. The summed E-state index contributed by atoms with van der Waals surface area (Å²) in [5.74, 6) is -0.129. The van der Waals surface area contributed by atoms with Crippen LogP contribution in [0.1, 0.15) is 43.0 Å². The van der Waals surface area contributed by atoms with Gasteiger partial charge in [-0.05, 0) is 37.0 Å². The van der Waals surface area contributed by atoms with Gasteiger partial charge in [0.05, 0.1) is 5.56 Å². The Bertz CT molecular complexity index is 475. The molecule has 0 saturated heterocycles. The average Bonchev–Trinajstić information content (AvgIpc) is 2.40. The maximum absolute atomic E-state index is 13.3. The fourth-order valence-corrected chi connectivity index (χ4v) is 2.93. The van der Waals surface area contributed by atoms with Crippen LogP contribution in [0.4, 0.5) is 10.1 Å². The maximum atomic E-state index is 13.3. The van der Waals surface area contributed by atoms with Crippen molar-refractivity contribution in [3.8, 4) is 0 Å². The van der Waals surface area contributed by atoms with Crippen molar-refractivity contribution >= 4 is 11.6 Å². The summed E-state index contributed by atoms with van der Waals surface area (Å²) in [4.78, 5) is 14.2. The number of nitrogen functional groups attached to an aromatic ring is 1. The zero-order valence-electron chi connectivity index (χ0n) is 11.5. The van der Waals surface area contributed by atoms with Gasteiger partial charge in [-0.25, -0.2) is 4.39 Å². The van der Waals surface area contributed by atoms with E-state index in [0.717, 1.165) is 19.3 Å². The van der Waals surface area contributed by atoms with Crippen molar-refractivity contribution in [3.63, 3.8) is 0 Å². The van der Waals surface area contributed by atoms with Crippen LogP contribution in [-0.4, -0.2) is 23.9 Å². The molecule has 0 heterocycles. The number of rotatable bonds is 2. The lowest BCUT2D eigenvalue weighted by atomic mass is 9.85. The van der Waals surface area contributed by atoms with Gasteiger partial charge < -0.3 is 10.6 Å². The minimum absolute atomic E-state index is 0.184. The van der Waals surface area contributed by atoms with Crippen molar-refractivity contribution in [2.75, 3.05) is 12.8 Å². The molecule has 104 valence electrons. The minimum Gasteiger partial charge on any atom is -0.398 e. The van der Waals surface area contributed by atoms with Gasteiger partial charge in [0.1, 0.15) is 5.82 Å². The lowest BCUT2D eigenvalue weighted by Crippen LogP contribution is -2.42. The van der Waals surface area contributed by atoms with Gasteiger partial charge in [-0.3, -0.25) is 4.79 Å². The monoisotopic (exact) mass is 264 g/mol. The smallest absolute Gasteiger partial charge is 0.256 e. The predicted octanol–water partition coefficient (Wildman–Crippen LogP) is 3.06. The highest BCUT2D eigenvalue weighted by molar-refractivity contribution is 5.99. The zero-order chi connectivity index (χ0) is 14.0. The van der Waals surface area contributed by atoms with Crippen LogP contribution in [0.5, 0.6) is 0 Å². The van der Waals surface area contributed by atoms with Crippen molar-refractivity contribution in [1.29, 1.82) is 0 Å². The molecule has 2 unspecified atom stereocenters. The van der Waals surface area contributed by atoms with Gasteiger partial charge in [0.25, 0.3) is 5.91 Å². The van der Waals surface area contributed by atoms with Crippen LogP contribution < -0.4 is 5.73 Å². The van der Waals surface area contributed by atoms with Crippen LogP contribution in [0.15, 0.2) is 18.2 Å². The molecule has 2 N–H and O–H groups in total. The molecule has 1 aliphatic carbocycles. The van der Waals surface area contributed by atoms with Crippen molar-refractivity contribution in [1.82, 2.24) is 4.90 Å². The SMILES string of the molecule is CC1CCCCC1N(C)C(=O)c1cc(F)ccc1N. The minimum atomic E-state index is -0.428. The number of hydrogen-bond acceptors (Lipinski definition) is 2. The van der Waals surface area contributed by atoms with Crippen molar-refractivity contribution in [2.45, 2.75) is 38.6 Å². The largest absolute Gasteiger partial charge is 0.398 e. The second kappa shape index (κ2) is 5.59. The molecule has 4 heteroatoms. The third-order valence-corrected chi connectivity index (χ3v) is 4.13. The van der Waals surface area contributed by atoms with Crippen LogP contribution >= 0.6 is 0 Å². The molecule has 0 bridgehead atoms. The Morgan fingerprint density at radius 3 is 2.74 bits per heavy atom.